The molecular formula is C15H10N2O2. The summed E-state index contributed by atoms with van der Waals surface area (Å²) in [6.45, 7) is 0. The number of pyridine rings is 2. The van der Waals surface area contributed by atoms with Gasteiger partial charge in [-0.15, -0.1) is 0 Å². The quantitative estimate of drug-likeness (QED) is 0.759. The first-order valence-corrected chi connectivity index (χ1v) is 5.80. The molecule has 92 valence electrons. The third kappa shape index (κ3) is 2.04. The minimum absolute atomic E-state index is 0.241. The number of fused-ring (bicyclic) bond motifs is 1. The average molecular weight is 250 g/mol. The highest BCUT2D eigenvalue weighted by atomic mass is 16.4. The Morgan fingerprint density at radius 3 is 2.68 bits per heavy atom. The Bertz CT molecular complexity index is 769. The van der Waals surface area contributed by atoms with Crippen molar-refractivity contribution in [3.63, 3.8) is 0 Å². The standard InChI is InChI=1S/C15H10N2O2/c18-15(19)12-6-2-1-5-11(12)13-8-7-10-4-3-9-16-14(10)17-13/h1-9H,(H,18,19). The molecule has 0 amide bonds. The lowest BCUT2D eigenvalue weighted by Crippen LogP contribution is -2.00. The van der Waals surface area contributed by atoms with E-state index in [1.165, 1.54) is 0 Å². The van der Waals surface area contributed by atoms with Crippen LogP contribution in [0.25, 0.3) is 22.3 Å². The van der Waals surface area contributed by atoms with Crippen LogP contribution in [0.15, 0.2) is 54.7 Å². The fraction of sp³-hybridized carbons (Fsp3) is 0. The minimum Gasteiger partial charge on any atom is -0.478 e. The van der Waals surface area contributed by atoms with Crippen molar-refractivity contribution in [3.05, 3.63) is 60.3 Å². The average Bonchev–Trinajstić information content (AvgIpc) is 2.46. The number of hydrogen-bond acceptors (Lipinski definition) is 3. The van der Waals surface area contributed by atoms with Gasteiger partial charge in [-0.2, -0.15) is 0 Å². The van der Waals surface area contributed by atoms with Crippen LogP contribution in [-0.4, -0.2) is 21.0 Å². The number of rotatable bonds is 2. The number of carbonyl (C=O) groups is 1. The van der Waals surface area contributed by atoms with Crippen molar-refractivity contribution in [3.8, 4) is 11.3 Å². The largest absolute Gasteiger partial charge is 0.478 e. The first-order valence-electron chi connectivity index (χ1n) is 5.80. The molecule has 0 fully saturated rings. The molecule has 0 saturated carbocycles. The van der Waals surface area contributed by atoms with Gasteiger partial charge in [0.05, 0.1) is 11.3 Å². The van der Waals surface area contributed by atoms with Gasteiger partial charge in [-0.3, -0.25) is 0 Å². The van der Waals surface area contributed by atoms with E-state index in [1.54, 1.807) is 30.5 Å². The molecule has 0 radical (unpaired) electrons. The molecule has 1 N–H and O–H groups in total. The Balaban J connectivity index is 2.22. The van der Waals surface area contributed by atoms with Crippen LogP contribution in [0.3, 0.4) is 0 Å². The number of nitrogens with zero attached hydrogens (tertiary/aromatic N) is 2. The molecule has 1 aromatic carbocycles. The third-order valence-electron chi connectivity index (χ3n) is 2.90. The zero-order valence-corrected chi connectivity index (χ0v) is 9.95. The highest BCUT2D eigenvalue weighted by Gasteiger charge is 2.12. The Morgan fingerprint density at radius 1 is 1.00 bits per heavy atom. The molecule has 3 aromatic rings. The Morgan fingerprint density at radius 2 is 1.84 bits per heavy atom. The van der Waals surface area contributed by atoms with Gasteiger partial charge < -0.3 is 5.11 Å². The Kier molecular flexibility index (Phi) is 2.68. The number of benzene rings is 1. The number of carboxylic acid groups (broad SMARTS) is 1. The topological polar surface area (TPSA) is 63.1 Å². The molecule has 2 heterocycles. The molecule has 19 heavy (non-hydrogen) atoms. The molecular weight excluding hydrogens is 240 g/mol. The number of carboxylic acids is 1. The smallest absolute Gasteiger partial charge is 0.336 e. The van der Waals surface area contributed by atoms with Crippen molar-refractivity contribution < 1.29 is 9.90 Å². The normalized spacial score (nSPS) is 10.5. The summed E-state index contributed by atoms with van der Waals surface area (Å²) in [4.78, 5) is 19.8. The summed E-state index contributed by atoms with van der Waals surface area (Å²) in [5, 5.41) is 10.1. The van der Waals surface area contributed by atoms with Crippen LogP contribution in [0, 0.1) is 0 Å². The molecule has 0 spiro atoms. The minimum atomic E-state index is -0.960. The van der Waals surface area contributed by atoms with Crippen molar-refractivity contribution in [2.45, 2.75) is 0 Å². The number of aromatic carboxylic acids is 1. The second-order valence-electron chi connectivity index (χ2n) is 4.10. The van der Waals surface area contributed by atoms with E-state index in [1.807, 2.05) is 24.3 Å². The second kappa shape index (κ2) is 4.49. The third-order valence-corrected chi connectivity index (χ3v) is 2.90. The van der Waals surface area contributed by atoms with E-state index in [0.717, 1.165) is 5.39 Å². The SMILES string of the molecule is O=C(O)c1ccccc1-c1ccc2cccnc2n1. The zero-order chi connectivity index (χ0) is 13.2. The van der Waals surface area contributed by atoms with Crippen molar-refractivity contribution in [2.24, 2.45) is 0 Å². The molecule has 0 bridgehead atoms. The van der Waals surface area contributed by atoms with E-state index in [4.69, 9.17) is 0 Å². The van der Waals surface area contributed by atoms with Crippen molar-refractivity contribution in [1.82, 2.24) is 9.97 Å². The van der Waals surface area contributed by atoms with Crippen LogP contribution >= 0.6 is 0 Å². The Hall–Kier alpha value is -2.75. The first kappa shape index (κ1) is 11.3. The molecule has 4 nitrogen and oxygen atoms in total. The molecule has 0 aliphatic carbocycles. The van der Waals surface area contributed by atoms with Crippen molar-refractivity contribution in [2.75, 3.05) is 0 Å². The van der Waals surface area contributed by atoms with Crippen molar-refractivity contribution in [1.29, 1.82) is 0 Å². The maximum Gasteiger partial charge on any atom is 0.336 e. The molecule has 0 atom stereocenters. The molecule has 2 aromatic heterocycles. The number of aromatic nitrogens is 2. The van der Waals surface area contributed by atoms with Gasteiger partial charge in [0.25, 0.3) is 0 Å². The summed E-state index contributed by atoms with van der Waals surface area (Å²) in [6, 6.07) is 14.3. The highest BCUT2D eigenvalue weighted by Crippen LogP contribution is 2.23. The molecule has 3 rings (SSSR count). The predicted octanol–water partition coefficient (Wildman–Crippen LogP) is 3.00. The van der Waals surface area contributed by atoms with Crippen molar-refractivity contribution >= 4 is 17.0 Å². The fourth-order valence-electron chi connectivity index (χ4n) is 2.00. The summed E-state index contributed by atoms with van der Waals surface area (Å²) in [5.41, 5.74) is 2.07. The first-order chi connectivity index (χ1) is 9.25. The molecule has 4 heteroatoms. The van der Waals surface area contributed by atoms with Crippen LogP contribution in [0.2, 0.25) is 0 Å². The van der Waals surface area contributed by atoms with Crippen LogP contribution in [0.4, 0.5) is 0 Å². The second-order valence-corrected chi connectivity index (χ2v) is 4.10. The molecule has 0 saturated heterocycles. The molecule has 0 aliphatic heterocycles. The summed E-state index contributed by atoms with van der Waals surface area (Å²) < 4.78 is 0. The van der Waals surface area contributed by atoms with Gasteiger partial charge in [-0.25, -0.2) is 14.8 Å². The van der Waals surface area contributed by atoms with E-state index < -0.39 is 5.97 Å². The van der Waals surface area contributed by atoms with E-state index in [9.17, 15) is 9.90 Å². The maximum atomic E-state index is 11.2. The van der Waals surface area contributed by atoms with Gasteiger partial charge in [0.15, 0.2) is 5.65 Å². The van der Waals surface area contributed by atoms with E-state index >= 15 is 0 Å². The lowest BCUT2D eigenvalue weighted by molar-refractivity contribution is 0.0697. The predicted molar refractivity (Wildman–Crippen MR) is 71.9 cm³/mol. The summed E-state index contributed by atoms with van der Waals surface area (Å²) in [6.07, 6.45) is 1.67. The monoisotopic (exact) mass is 250 g/mol. The van der Waals surface area contributed by atoms with Crippen LogP contribution < -0.4 is 0 Å². The lowest BCUT2D eigenvalue weighted by Gasteiger charge is -2.06. The van der Waals surface area contributed by atoms with Crippen LogP contribution in [-0.2, 0) is 0 Å². The maximum absolute atomic E-state index is 11.2. The summed E-state index contributed by atoms with van der Waals surface area (Å²) in [7, 11) is 0. The van der Waals surface area contributed by atoms with Gasteiger partial charge in [-0.05, 0) is 30.3 Å². The van der Waals surface area contributed by atoms with Gasteiger partial charge in [0.2, 0.25) is 0 Å². The van der Waals surface area contributed by atoms with E-state index in [2.05, 4.69) is 9.97 Å². The van der Waals surface area contributed by atoms with Gasteiger partial charge in [0.1, 0.15) is 0 Å². The van der Waals surface area contributed by atoms with Gasteiger partial charge >= 0.3 is 5.97 Å². The van der Waals surface area contributed by atoms with Crippen LogP contribution in [0.1, 0.15) is 10.4 Å². The van der Waals surface area contributed by atoms with Crippen LogP contribution in [0.5, 0.6) is 0 Å². The number of hydrogen-bond donors (Lipinski definition) is 1. The summed E-state index contributed by atoms with van der Waals surface area (Å²) in [5.74, 6) is -0.960. The zero-order valence-electron chi connectivity index (χ0n) is 9.95. The molecule has 0 unspecified atom stereocenters. The highest BCUT2D eigenvalue weighted by molar-refractivity contribution is 5.96. The molecule has 0 aliphatic rings. The van der Waals surface area contributed by atoms with E-state index in [-0.39, 0.29) is 5.56 Å². The summed E-state index contributed by atoms with van der Waals surface area (Å²) >= 11 is 0. The Labute approximate surface area is 109 Å². The lowest BCUT2D eigenvalue weighted by atomic mass is 10.0. The van der Waals surface area contributed by atoms with E-state index in [0.29, 0.717) is 16.9 Å². The fourth-order valence-corrected chi connectivity index (χ4v) is 2.00. The van der Waals surface area contributed by atoms with Gasteiger partial charge in [0, 0.05) is 17.1 Å². The van der Waals surface area contributed by atoms with Gasteiger partial charge in [-0.1, -0.05) is 18.2 Å².